The van der Waals surface area contributed by atoms with Crippen molar-refractivity contribution in [2.24, 2.45) is 0 Å². The molecule has 1 aromatic carbocycles. The van der Waals surface area contributed by atoms with E-state index in [1.807, 2.05) is 31.2 Å². The zero-order valence-corrected chi connectivity index (χ0v) is 8.94. The maximum atomic E-state index is 11.2. The molecule has 0 aliphatic carbocycles. The molecular weight excluding hydrogens is 167 g/mol. The summed E-state index contributed by atoms with van der Waals surface area (Å²) >= 11 is 0. The van der Waals surface area contributed by atoms with Crippen molar-refractivity contribution in [3.8, 4) is 0 Å². The maximum Gasteiger partial charge on any atom is 1.00 e. The summed E-state index contributed by atoms with van der Waals surface area (Å²) in [5, 5.41) is 11.2. The molecule has 2 heteroatoms. The van der Waals surface area contributed by atoms with Crippen molar-refractivity contribution in [3.05, 3.63) is 48.0 Å². The molecule has 1 rings (SSSR count). The van der Waals surface area contributed by atoms with Crippen molar-refractivity contribution in [2.75, 3.05) is 0 Å². The number of benzene rings is 1. The Morgan fingerprint density at radius 3 is 2.50 bits per heavy atom. The molecule has 0 saturated carbocycles. The van der Waals surface area contributed by atoms with Crippen LogP contribution < -0.4 is 24.0 Å². The van der Waals surface area contributed by atoms with Gasteiger partial charge in [0.1, 0.15) is 0 Å². The van der Waals surface area contributed by atoms with Gasteiger partial charge in [-0.25, -0.2) is 0 Å². The Labute approximate surface area is 98.0 Å². The third-order valence-corrected chi connectivity index (χ3v) is 1.97. The van der Waals surface area contributed by atoms with Crippen LogP contribution in [0.25, 0.3) is 0 Å². The Hall–Kier alpha value is -0.483. The van der Waals surface area contributed by atoms with Crippen LogP contribution in [-0.4, -0.2) is 6.10 Å². The van der Waals surface area contributed by atoms with Gasteiger partial charge in [-0.1, -0.05) is 42.8 Å². The molecule has 1 nitrogen and oxygen atoms in total. The number of hydrogen-bond donors (Lipinski definition) is 0. The molecule has 0 heterocycles. The van der Waals surface area contributed by atoms with E-state index in [2.05, 4.69) is 12.1 Å². The Morgan fingerprint density at radius 1 is 1.29 bits per heavy atom. The number of aryl methyl sites for hydroxylation is 1. The molecule has 0 radical (unpaired) electrons. The predicted molar refractivity (Wildman–Crippen MR) is 53.4 cm³/mol. The van der Waals surface area contributed by atoms with Crippen LogP contribution in [0.5, 0.6) is 0 Å². The van der Waals surface area contributed by atoms with Gasteiger partial charge in [-0.05, 0) is 18.9 Å². The smallest absolute Gasteiger partial charge is 0.849 e. The Bertz CT molecular complexity index is 256. The van der Waals surface area contributed by atoms with Gasteiger partial charge in [0.25, 0.3) is 0 Å². The normalized spacial score (nSPS) is 12.4. The largest absolute Gasteiger partial charge is 1.00 e. The molecule has 0 aliphatic heterocycles. The Kier molecular flexibility index (Phi) is 7.61. The SMILES string of the molecule is C/C=C/C([O-])CCc1ccccc1.[Li+]. The van der Waals surface area contributed by atoms with E-state index in [0.717, 1.165) is 6.42 Å². The fourth-order valence-corrected chi connectivity index (χ4v) is 1.26. The summed E-state index contributed by atoms with van der Waals surface area (Å²) in [6, 6.07) is 10.1. The molecule has 0 saturated heterocycles. The molecule has 0 fully saturated rings. The van der Waals surface area contributed by atoms with Crippen LogP contribution in [0.4, 0.5) is 0 Å². The van der Waals surface area contributed by atoms with Crippen molar-refractivity contribution in [2.45, 2.75) is 25.9 Å². The van der Waals surface area contributed by atoms with Crippen molar-refractivity contribution in [1.82, 2.24) is 0 Å². The van der Waals surface area contributed by atoms with E-state index in [9.17, 15) is 5.11 Å². The van der Waals surface area contributed by atoms with Gasteiger partial charge in [0.2, 0.25) is 0 Å². The zero-order chi connectivity index (χ0) is 9.52. The maximum absolute atomic E-state index is 11.2. The Morgan fingerprint density at radius 2 is 1.93 bits per heavy atom. The molecule has 1 aromatic rings. The van der Waals surface area contributed by atoms with Crippen molar-refractivity contribution in [1.29, 1.82) is 0 Å². The second-order valence-corrected chi connectivity index (χ2v) is 3.09. The van der Waals surface area contributed by atoms with Gasteiger partial charge >= 0.3 is 18.9 Å². The summed E-state index contributed by atoms with van der Waals surface area (Å²) in [6.45, 7) is 1.88. The number of rotatable bonds is 4. The minimum Gasteiger partial charge on any atom is -0.849 e. The first-order valence-electron chi connectivity index (χ1n) is 4.65. The van der Waals surface area contributed by atoms with Crippen LogP contribution in [-0.2, 0) is 6.42 Å². The molecule has 70 valence electrons. The van der Waals surface area contributed by atoms with E-state index < -0.39 is 6.10 Å². The van der Waals surface area contributed by atoms with Gasteiger partial charge in [-0.15, -0.1) is 12.2 Å². The Balaban J connectivity index is 0.00000169. The number of allylic oxidation sites excluding steroid dienone is 1. The van der Waals surface area contributed by atoms with Gasteiger partial charge in [-0.2, -0.15) is 0 Å². The van der Waals surface area contributed by atoms with Gasteiger partial charge in [0.05, 0.1) is 0 Å². The number of hydrogen-bond acceptors (Lipinski definition) is 1. The van der Waals surface area contributed by atoms with E-state index in [1.54, 1.807) is 6.08 Å². The molecule has 1 atom stereocenters. The van der Waals surface area contributed by atoms with E-state index in [1.165, 1.54) is 5.56 Å². The minimum absolute atomic E-state index is 0. The molecule has 0 amide bonds. The van der Waals surface area contributed by atoms with Crippen molar-refractivity contribution in [3.63, 3.8) is 0 Å². The summed E-state index contributed by atoms with van der Waals surface area (Å²) in [5.41, 5.74) is 1.24. The average Bonchev–Trinajstić information content (AvgIpc) is 2.17. The third kappa shape index (κ3) is 5.29. The van der Waals surface area contributed by atoms with Crippen molar-refractivity contribution < 1.29 is 24.0 Å². The molecular formula is C12H15LiO. The minimum atomic E-state index is -0.551. The summed E-state index contributed by atoms with van der Waals surface area (Å²) < 4.78 is 0. The van der Waals surface area contributed by atoms with E-state index in [0.29, 0.717) is 6.42 Å². The summed E-state index contributed by atoms with van der Waals surface area (Å²) in [6.07, 6.45) is 4.55. The van der Waals surface area contributed by atoms with Crippen LogP contribution in [0.2, 0.25) is 0 Å². The fourth-order valence-electron chi connectivity index (χ4n) is 1.26. The first kappa shape index (κ1) is 13.5. The molecule has 0 bridgehead atoms. The zero-order valence-electron chi connectivity index (χ0n) is 8.94. The monoisotopic (exact) mass is 182 g/mol. The fraction of sp³-hybridized carbons (Fsp3) is 0.333. The third-order valence-electron chi connectivity index (χ3n) is 1.97. The quantitative estimate of drug-likeness (QED) is 0.429. The summed E-state index contributed by atoms with van der Waals surface area (Å²) in [7, 11) is 0. The molecule has 0 spiro atoms. The van der Waals surface area contributed by atoms with Crippen LogP contribution in [0.3, 0.4) is 0 Å². The second kappa shape index (κ2) is 7.88. The van der Waals surface area contributed by atoms with Gasteiger partial charge < -0.3 is 5.11 Å². The van der Waals surface area contributed by atoms with E-state index >= 15 is 0 Å². The summed E-state index contributed by atoms with van der Waals surface area (Å²) in [5.74, 6) is 0. The van der Waals surface area contributed by atoms with Crippen LogP contribution >= 0.6 is 0 Å². The van der Waals surface area contributed by atoms with Crippen LogP contribution in [0, 0.1) is 0 Å². The molecule has 0 aliphatic rings. The first-order chi connectivity index (χ1) is 6.33. The predicted octanol–water partition coefficient (Wildman–Crippen LogP) is -1.07. The average molecular weight is 182 g/mol. The molecule has 0 N–H and O–H groups in total. The molecule has 14 heavy (non-hydrogen) atoms. The van der Waals surface area contributed by atoms with Gasteiger partial charge in [0, 0.05) is 0 Å². The topological polar surface area (TPSA) is 23.1 Å². The van der Waals surface area contributed by atoms with Crippen LogP contribution in [0.1, 0.15) is 18.9 Å². The second-order valence-electron chi connectivity index (χ2n) is 3.09. The molecule has 0 aromatic heterocycles. The van der Waals surface area contributed by atoms with Gasteiger partial charge in [-0.3, -0.25) is 0 Å². The van der Waals surface area contributed by atoms with Crippen LogP contribution in [0.15, 0.2) is 42.5 Å². The van der Waals surface area contributed by atoms with E-state index in [4.69, 9.17) is 0 Å². The first-order valence-corrected chi connectivity index (χ1v) is 4.65. The standard InChI is InChI=1S/C12H15O.Li/c1-2-6-12(13)10-9-11-7-4-3-5-8-11;/h2-8,12H,9-10H2,1H3;/q-1;+1/b6-2+;. The molecule has 1 unspecified atom stereocenters. The van der Waals surface area contributed by atoms with E-state index in [-0.39, 0.29) is 18.9 Å². The van der Waals surface area contributed by atoms with Crippen molar-refractivity contribution >= 4 is 0 Å². The van der Waals surface area contributed by atoms with Gasteiger partial charge in [0.15, 0.2) is 0 Å². The summed E-state index contributed by atoms with van der Waals surface area (Å²) in [4.78, 5) is 0.